The Morgan fingerprint density at radius 1 is 0.900 bits per heavy atom. The molecule has 20 heavy (non-hydrogen) atoms. The lowest BCUT2D eigenvalue weighted by Crippen LogP contribution is -2.07. The third-order valence-electron chi connectivity index (χ3n) is 3.20. The number of aromatic hydroxyl groups is 2. The molecule has 0 fully saturated rings. The number of benzene rings is 2. The number of para-hydroxylation sites is 1. The van der Waals surface area contributed by atoms with E-state index in [1.807, 2.05) is 0 Å². The number of rotatable bonds is 2. The lowest BCUT2D eigenvalue weighted by Gasteiger charge is -2.13. The van der Waals surface area contributed by atoms with E-state index >= 15 is 0 Å². The van der Waals surface area contributed by atoms with E-state index in [0.29, 0.717) is 16.7 Å². The van der Waals surface area contributed by atoms with Crippen LogP contribution in [0.1, 0.15) is 16.7 Å². The Morgan fingerprint density at radius 2 is 1.45 bits per heavy atom. The van der Waals surface area contributed by atoms with Crippen molar-refractivity contribution in [1.29, 1.82) is 0 Å². The Bertz CT molecular complexity index is 753. The predicted octanol–water partition coefficient (Wildman–Crippen LogP) is 2.86. The molecule has 0 radical (unpaired) electrons. The van der Waals surface area contributed by atoms with Crippen LogP contribution >= 0.6 is 0 Å². The summed E-state index contributed by atoms with van der Waals surface area (Å²) in [7, 11) is -3.83. The van der Waals surface area contributed by atoms with Crippen LogP contribution in [0, 0.1) is 20.8 Å². The van der Waals surface area contributed by atoms with E-state index in [-0.39, 0.29) is 21.3 Å². The summed E-state index contributed by atoms with van der Waals surface area (Å²) in [4.78, 5) is 0.00518. The molecule has 0 heterocycles. The van der Waals surface area contributed by atoms with E-state index in [1.54, 1.807) is 32.9 Å². The second kappa shape index (κ2) is 4.83. The topological polar surface area (TPSA) is 74.6 Å². The maximum Gasteiger partial charge on any atom is 0.210 e. The molecule has 4 nitrogen and oxygen atoms in total. The third-order valence-corrected chi connectivity index (χ3v) is 5.29. The zero-order chi connectivity index (χ0) is 15.1. The summed E-state index contributed by atoms with van der Waals surface area (Å²) in [5, 5.41) is 19.5. The van der Waals surface area contributed by atoms with Crippen LogP contribution in [0.5, 0.6) is 11.5 Å². The van der Waals surface area contributed by atoms with Crippen LogP contribution in [-0.2, 0) is 9.84 Å². The third kappa shape index (κ3) is 2.25. The van der Waals surface area contributed by atoms with E-state index in [2.05, 4.69) is 0 Å². The maximum absolute atomic E-state index is 12.7. The quantitative estimate of drug-likeness (QED) is 0.892. The van der Waals surface area contributed by atoms with Gasteiger partial charge in [0, 0.05) is 0 Å². The molecule has 2 aromatic carbocycles. The van der Waals surface area contributed by atoms with E-state index in [4.69, 9.17) is 0 Å². The van der Waals surface area contributed by atoms with Gasteiger partial charge in [0.1, 0.15) is 16.4 Å². The molecule has 0 amide bonds. The Hall–Kier alpha value is -2.01. The SMILES string of the molecule is Cc1cccc(S(=O)(=O)c2c(C)cc(O)cc2C)c1O. The van der Waals surface area contributed by atoms with Crippen molar-refractivity contribution in [2.75, 3.05) is 0 Å². The Morgan fingerprint density at radius 3 is 2.00 bits per heavy atom. The summed E-state index contributed by atoms with van der Waals surface area (Å²) in [6.07, 6.45) is 0. The smallest absolute Gasteiger partial charge is 0.210 e. The zero-order valence-electron chi connectivity index (χ0n) is 11.5. The van der Waals surface area contributed by atoms with E-state index in [9.17, 15) is 18.6 Å². The Kier molecular flexibility index (Phi) is 3.48. The molecular weight excluding hydrogens is 276 g/mol. The van der Waals surface area contributed by atoms with E-state index in [0.717, 1.165) is 0 Å². The molecule has 5 heteroatoms. The molecular formula is C15H16O4S. The number of phenolic OH excluding ortho intramolecular Hbond substituents is 2. The average Bonchev–Trinajstić information content (AvgIpc) is 2.30. The molecule has 0 aliphatic heterocycles. The van der Waals surface area contributed by atoms with Crippen molar-refractivity contribution in [3.05, 3.63) is 47.0 Å². The monoisotopic (exact) mass is 292 g/mol. The number of aryl methyl sites for hydroxylation is 3. The summed E-state index contributed by atoms with van der Waals surface area (Å²) < 4.78 is 25.4. The molecule has 0 atom stereocenters. The highest BCUT2D eigenvalue weighted by molar-refractivity contribution is 7.91. The average molecular weight is 292 g/mol. The van der Waals surface area contributed by atoms with Gasteiger partial charge in [0.2, 0.25) is 9.84 Å². The van der Waals surface area contributed by atoms with Gasteiger partial charge in [0.25, 0.3) is 0 Å². The van der Waals surface area contributed by atoms with Crippen LogP contribution < -0.4 is 0 Å². The van der Waals surface area contributed by atoms with Gasteiger partial charge in [0.15, 0.2) is 0 Å². The van der Waals surface area contributed by atoms with Crippen molar-refractivity contribution in [2.45, 2.75) is 30.6 Å². The summed E-state index contributed by atoms with van der Waals surface area (Å²) in [5.41, 5.74) is 1.40. The molecule has 0 unspecified atom stereocenters. The normalized spacial score (nSPS) is 11.6. The molecule has 0 saturated carbocycles. The first kappa shape index (κ1) is 14.4. The van der Waals surface area contributed by atoms with Crippen LogP contribution in [0.2, 0.25) is 0 Å². The fraction of sp³-hybridized carbons (Fsp3) is 0.200. The fourth-order valence-electron chi connectivity index (χ4n) is 2.31. The van der Waals surface area contributed by atoms with Gasteiger partial charge in [0.05, 0.1) is 4.90 Å². The van der Waals surface area contributed by atoms with Gasteiger partial charge >= 0.3 is 0 Å². The lowest BCUT2D eigenvalue weighted by molar-refractivity contribution is 0.454. The van der Waals surface area contributed by atoms with Gasteiger partial charge in [-0.15, -0.1) is 0 Å². The van der Waals surface area contributed by atoms with Crippen molar-refractivity contribution in [2.24, 2.45) is 0 Å². The predicted molar refractivity (Wildman–Crippen MR) is 75.9 cm³/mol. The number of hydrogen-bond donors (Lipinski definition) is 2. The van der Waals surface area contributed by atoms with Crippen LogP contribution in [0.3, 0.4) is 0 Å². The number of phenols is 2. The minimum absolute atomic E-state index is 0.0208. The van der Waals surface area contributed by atoms with Crippen LogP contribution in [-0.4, -0.2) is 18.6 Å². The van der Waals surface area contributed by atoms with E-state index < -0.39 is 9.84 Å². The summed E-state index contributed by atoms with van der Waals surface area (Å²) in [5.74, 6) is -0.216. The van der Waals surface area contributed by atoms with Crippen molar-refractivity contribution in [3.63, 3.8) is 0 Å². The van der Waals surface area contributed by atoms with Gasteiger partial charge in [-0.25, -0.2) is 8.42 Å². The molecule has 106 valence electrons. The first-order chi connectivity index (χ1) is 9.25. The van der Waals surface area contributed by atoms with Crippen molar-refractivity contribution in [1.82, 2.24) is 0 Å². The molecule has 0 spiro atoms. The molecule has 0 aliphatic rings. The zero-order valence-corrected chi connectivity index (χ0v) is 12.3. The molecule has 0 saturated heterocycles. The number of sulfone groups is 1. The Labute approximate surface area is 118 Å². The highest BCUT2D eigenvalue weighted by atomic mass is 32.2. The molecule has 0 bridgehead atoms. The minimum atomic E-state index is -3.83. The van der Waals surface area contributed by atoms with Gasteiger partial charge in [-0.3, -0.25) is 0 Å². The first-order valence-corrected chi connectivity index (χ1v) is 7.57. The summed E-state index contributed by atoms with van der Waals surface area (Å²) in [6, 6.07) is 7.40. The molecule has 2 N–H and O–H groups in total. The highest BCUT2D eigenvalue weighted by Crippen LogP contribution is 2.35. The van der Waals surface area contributed by atoms with E-state index in [1.165, 1.54) is 18.2 Å². The maximum atomic E-state index is 12.7. The largest absolute Gasteiger partial charge is 0.508 e. The highest BCUT2D eigenvalue weighted by Gasteiger charge is 2.26. The number of hydrogen-bond acceptors (Lipinski definition) is 4. The summed E-state index contributed by atoms with van der Waals surface area (Å²) >= 11 is 0. The molecule has 0 aliphatic carbocycles. The van der Waals surface area contributed by atoms with Gasteiger partial charge in [-0.05, 0) is 55.7 Å². The van der Waals surface area contributed by atoms with Gasteiger partial charge in [-0.2, -0.15) is 0 Å². The molecule has 0 aromatic heterocycles. The standard InChI is InChI=1S/C15H16O4S/c1-9-5-4-6-13(14(9)17)20(18,19)15-10(2)7-12(16)8-11(15)3/h4-8,16-17H,1-3H3. The Balaban J connectivity index is 2.77. The van der Waals surface area contributed by atoms with Crippen molar-refractivity contribution >= 4 is 9.84 Å². The summed E-state index contributed by atoms with van der Waals surface area (Å²) in [6.45, 7) is 4.88. The van der Waals surface area contributed by atoms with Gasteiger partial charge in [-0.1, -0.05) is 12.1 Å². The van der Waals surface area contributed by atoms with Crippen molar-refractivity contribution < 1.29 is 18.6 Å². The first-order valence-electron chi connectivity index (χ1n) is 6.09. The second-order valence-electron chi connectivity index (χ2n) is 4.83. The molecule has 2 aromatic rings. The van der Waals surface area contributed by atoms with Crippen LogP contribution in [0.15, 0.2) is 40.1 Å². The van der Waals surface area contributed by atoms with Crippen LogP contribution in [0.4, 0.5) is 0 Å². The van der Waals surface area contributed by atoms with Gasteiger partial charge < -0.3 is 10.2 Å². The minimum Gasteiger partial charge on any atom is -0.508 e. The molecule has 2 rings (SSSR count). The second-order valence-corrected chi connectivity index (χ2v) is 6.69. The van der Waals surface area contributed by atoms with Crippen LogP contribution in [0.25, 0.3) is 0 Å². The fourth-order valence-corrected chi connectivity index (χ4v) is 4.17. The lowest BCUT2D eigenvalue weighted by atomic mass is 10.1. The van der Waals surface area contributed by atoms with Crippen molar-refractivity contribution in [3.8, 4) is 11.5 Å².